The van der Waals surface area contributed by atoms with Crippen LogP contribution in [0.15, 0.2) is 76.9 Å². The number of benzene rings is 3. The summed E-state index contributed by atoms with van der Waals surface area (Å²) < 4.78 is 48.9. The number of rotatable bonds is 9. The van der Waals surface area contributed by atoms with E-state index in [1.165, 1.54) is 16.7 Å². The molecule has 43 heavy (non-hydrogen) atoms. The van der Waals surface area contributed by atoms with Gasteiger partial charge in [-0.25, -0.2) is 13.6 Å². The third-order valence-corrected chi connectivity index (χ3v) is 7.67. The van der Waals surface area contributed by atoms with E-state index in [2.05, 4.69) is 0 Å². The van der Waals surface area contributed by atoms with E-state index in [-0.39, 0.29) is 29.3 Å². The van der Waals surface area contributed by atoms with E-state index in [0.29, 0.717) is 11.1 Å². The van der Waals surface area contributed by atoms with E-state index in [0.717, 1.165) is 17.4 Å². The number of pyridine rings is 1. The second-order valence-corrected chi connectivity index (χ2v) is 10.3. The Balaban J connectivity index is 1.62. The van der Waals surface area contributed by atoms with E-state index in [1.807, 2.05) is 12.1 Å². The van der Waals surface area contributed by atoms with Crippen molar-refractivity contribution in [2.45, 2.75) is 33.0 Å². The van der Waals surface area contributed by atoms with Gasteiger partial charge in [-0.2, -0.15) is 0 Å². The average molecular weight is 606 g/mol. The molecule has 0 aliphatic heterocycles. The summed E-state index contributed by atoms with van der Waals surface area (Å²) in [7, 11) is 0. The topological polar surface area (TPSA) is 100 Å². The summed E-state index contributed by atoms with van der Waals surface area (Å²) in [6.07, 6.45) is -1.63. The van der Waals surface area contributed by atoms with Crippen LogP contribution in [0.3, 0.4) is 0 Å². The van der Waals surface area contributed by atoms with Gasteiger partial charge in [0.25, 0.3) is 0 Å². The molecule has 0 atom stereocenters. The number of nitrogens with zero attached hydrogens (tertiary/aromatic N) is 1. The Morgan fingerprint density at radius 1 is 0.953 bits per heavy atom. The van der Waals surface area contributed by atoms with E-state index in [1.54, 1.807) is 55.5 Å². The minimum absolute atomic E-state index is 0.0188. The standard InChI is InChI=1S/C32H25F2NO7S/c1-3-40-32(39)26-29(38)23-14-24(33)22(27(34)28(23)35-21(16-41-18(2)36)17-43-31(26)35)15-25(37)42-30(19-10-6-4-7-11-19)20-12-8-5-9-13-20/h4-14,17,30H,3,15-16H2,1-2H3. The Hall–Kier alpha value is -4.90. The minimum atomic E-state index is -1.19. The second kappa shape index (κ2) is 12.5. The van der Waals surface area contributed by atoms with Gasteiger partial charge < -0.3 is 14.2 Å². The monoisotopic (exact) mass is 605 g/mol. The van der Waals surface area contributed by atoms with Gasteiger partial charge in [0.05, 0.1) is 29.6 Å². The summed E-state index contributed by atoms with van der Waals surface area (Å²) in [4.78, 5) is 50.9. The van der Waals surface area contributed by atoms with E-state index >= 15 is 8.78 Å². The van der Waals surface area contributed by atoms with Crippen molar-refractivity contribution in [3.8, 4) is 0 Å². The van der Waals surface area contributed by atoms with Gasteiger partial charge in [-0.15, -0.1) is 11.3 Å². The number of fused-ring (bicyclic) bond motifs is 3. The minimum Gasteiger partial charge on any atom is -0.462 e. The average Bonchev–Trinajstić information content (AvgIpc) is 3.41. The van der Waals surface area contributed by atoms with Gasteiger partial charge in [-0.3, -0.25) is 18.8 Å². The maximum absolute atomic E-state index is 16.3. The summed E-state index contributed by atoms with van der Waals surface area (Å²) in [6, 6.07) is 18.6. The van der Waals surface area contributed by atoms with Crippen molar-refractivity contribution in [2.24, 2.45) is 0 Å². The van der Waals surface area contributed by atoms with Gasteiger partial charge in [-0.05, 0) is 24.1 Å². The molecule has 2 aromatic heterocycles. The van der Waals surface area contributed by atoms with Gasteiger partial charge in [0.15, 0.2) is 11.9 Å². The fraction of sp³-hybridized carbons (Fsp3) is 0.188. The normalized spacial score (nSPS) is 11.2. The van der Waals surface area contributed by atoms with Crippen molar-refractivity contribution < 1.29 is 37.4 Å². The number of carbonyl (C=O) groups excluding carboxylic acids is 3. The van der Waals surface area contributed by atoms with Crippen molar-refractivity contribution in [3.63, 3.8) is 0 Å². The smallest absolute Gasteiger partial charge is 0.345 e. The number of ether oxygens (including phenoxy) is 3. The number of esters is 3. The fourth-order valence-corrected chi connectivity index (χ4v) is 5.80. The molecular weight excluding hydrogens is 580 g/mol. The van der Waals surface area contributed by atoms with Crippen LogP contribution in [0.25, 0.3) is 15.7 Å². The molecule has 0 saturated carbocycles. The lowest BCUT2D eigenvalue weighted by molar-refractivity contribution is -0.147. The summed E-state index contributed by atoms with van der Waals surface area (Å²) in [5, 5.41) is 1.04. The zero-order chi connectivity index (χ0) is 30.7. The van der Waals surface area contributed by atoms with E-state index in [4.69, 9.17) is 14.2 Å². The van der Waals surface area contributed by atoms with Gasteiger partial charge in [-0.1, -0.05) is 60.7 Å². The van der Waals surface area contributed by atoms with Crippen LogP contribution in [-0.4, -0.2) is 28.9 Å². The van der Waals surface area contributed by atoms with Gasteiger partial charge >= 0.3 is 17.9 Å². The molecule has 0 spiro atoms. The molecule has 0 aliphatic carbocycles. The van der Waals surface area contributed by atoms with E-state index in [9.17, 15) is 19.2 Å². The van der Waals surface area contributed by atoms with Crippen LogP contribution in [0, 0.1) is 11.6 Å². The Labute approximate surface area is 248 Å². The van der Waals surface area contributed by atoms with Gasteiger partial charge in [0.1, 0.15) is 22.8 Å². The lowest BCUT2D eigenvalue weighted by atomic mass is 10.0. The van der Waals surface area contributed by atoms with Crippen molar-refractivity contribution >= 4 is 45.0 Å². The lowest BCUT2D eigenvalue weighted by Crippen LogP contribution is -2.22. The first kappa shape index (κ1) is 29.6. The molecule has 11 heteroatoms. The molecule has 0 N–H and O–H groups in total. The van der Waals surface area contributed by atoms with Gasteiger partial charge in [0, 0.05) is 17.9 Å². The van der Waals surface area contributed by atoms with Crippen molar-refractivity contribution in [3.05, 3.63) is 122 Å². The highest BCUT2D eigenvalue weighted by Gasteiger charge is 2.28. The number of thiazole rings is 1. The number of hydrogen-bond acceptors (Lipinski definition) is 8. The molecule has 3 aromatic carbocycles. The highest BCUT2D eigenvalue weighted by molar-refractivity contribution is 7.16. The first-order valence-electron chi connectivity index (χ1n) is 13.3. The van der Waals surface area contributed by atoms with Crippen LogP contribution < -0.4 is 5.43 Å². The fourth-order valence-electron chi connectivity index (χ4n) is 4.77. The molecule has 5 aromatic rings. The largest absolute Gasteiger partial charge is 0.462 e. The molecule has 0 radical (unpaired) electrons. The van der Waals surface area contributed by atoms with Crippen molar-refractivity contribution in [1.82, 2.24) is 4.40 Å². The van der Waals surface area contributed by atoms with Crippen LogP contribution in [0.2, 0.25) is 0 Å². The molecule has 0 unspecified atom stereocenters. The second-order valence-electron chi connectivity index (χ2n) is 9.49. The Morgan fingerprint density at radius 2 is 1.58 bits per heavy atom. The summed E-state index contributed by atoms with van der Waals surface area (Å²) in [5.74, 6) is -4.84. The van der Waals surface area contributed by atoms with Crippen LogP contribution >= 0.6 is 11.3 Å². The lowest BCUT2D eigenvalue weighted by Gasteiger charge is -2.19. The molecular formula is C32H25F2NO7S. The number of carbonyl (C=O) groups is 3. The van der Waals surface area contributed by atoms with Crippen LogP contribution in [-0.2, 0) is 36.8 Å². The quantitative estimate of drug-likeness (QED) is 0.152. The Morgan fingerprint density at radius 3 is 2.16 bits per heavy atom. The Kier molecular flexibility index (Phi) is 8.63. The molecule has 2 heterocycles. The third kappa shape index (κ3) is 5.89. The first-order valence-corrected chi connectivity index (χ1v) is 14.1. The molecule has 220 valence electrons. The summed E-state index contributed by atoms with van der Waals surface area (Å²) in [6.45, 7) is 2.39. The van der Waals surface area contributed by atoms with Gasteiger partial charge in [0.2, 0.25) is 5.43 Å². The maximum atomic E-state index is 16.3. The first-order chi connectivity index (χ1) is 20.7. The predicted molar refractivity (Wildman–Crippen MR) is 155 cm³/mol. The third-order valence-electron chi connectivity index (χ3n) is 6.67. The summed E-state index contributed by atoms with van der Waals surface area (Å²) >= 11 is 0.931. The molecule has 0 bridgehead atoms. The van der Waals surface area contributed by atoms with Crippen molar-refractivity contribution in [2.75, 3.05) is 6.61 Å². The molecule has 8 nitrogen and oxygen atoms in total. The number of hydrogen-bond donors (Lipinski definition) is 0. The highest BCUT2D eigenvalue weighted by atomic mass is 32.1. The zero-order valence-electron chi connectivity index (χ0n) is 23.1. The van der Waals surface area contributed by atoms with Crippen LogP contribution in [0.4, 0.5) is 8.78 Å². The maximum Gasteiger partial charge on any atom is 0.345 e. The highest BCUT2D eigenvalue weighted by Crippen LogP contribution is 2.31. The number of halogens is 2. The van der Waals surface area contributed by atoms with Crippen LogP contribution in [0.1, 0.15) is 52.7 Å². The Bertz CT molecular complexity index is 1860. The molecule has 0 aliphatic rings. The molecule has 5 rings (SSSR count). The number of aromatic nitrogens is 1. The van der Waals surface area contributed by atoms with E-state index < -0.39 is 64.0 Å². The summed E-state index contributed by atoms with van der Waals surface area (Å²) in [5.41, 5.74) is -0.799. The molecule has 0 fully saturated rings. The van der Waals surface area contributed by atoms with Crippen LogP contribution in [0.5, 0.6) is 0 Å². The van der Waals surface area contributed by atoms with Crippen molar-refractivity contribution in [1.29, 1.82) is 0 Å². The predicted octanol–water partition coefficient (Wildman–Crippen LogP) is 5.91. The molecule has 0 amide bonds. The SMILES string of the molecule is CCOC(=O)c1c(=O)c2cc(F)c(CC(=O)OC(c3ccccc3)c3ccccc3)c(F)c2n2c(COC(C)=O)csc12. The zero-order valence-corrected chi connectivity index (χ0v) is 23.9. The molecule has 0 saturated heterocycles.